The van der Waals surface area contributed by atoms with Gasteiger partial charge in [0.05, 0.1) is 33.9 Å². The quantitative estimate of drug-likeness (QED) is 0.0507. The highest BCUT2D eigenvalue weighted by molar-refractivity contribution is 7.92. The van der Waals surface area contributed by atoms with Crippen molar-refractivity contribution in [3.8, 4) is 23.0 Å². The molecule has 2 aliphatic rings. The van der Waals surface area contributed by atoms with Crippen LogP contribution in [0.2, 0.25) is 5.02 Å². The fourth-order valence-corrected chi connectivity index (χ4v) is 9.16. The van der Waals surface area contributed by atoms with E-state index in [9.17, 15) is 61.5 Å². The number of nitrogens with zero attached hydrogens (tertiary/aromatic N) is 6. The number of hydrogen-bond donors (Lipinski definition) is 2. The third kappa shape index (κ3) is 10.8. The number of ether oxygens (including phenoxy) is 1. The van der Waals surface area contributed by atoms with Gasteiger partial charge in [-0.3, -0.25) is 19.0 Å². The Morgan fingerprint density at radius 3 is 2.20 bits per heavy atom. The predicted molar refractivity (Wildman–Crippen MR) is 235 cm³/mol. The summed E-state index contributed by atoms with van der Waals surface area (Å²) in [6.07, 6.45) is -9.79. The van der Waals surface area contributed by atoms with Gasteiger partial charge in [-0.2, -0.15) is 45.3 Å². The van der Waals surface area contributed by atoms with Crippen LogP contribution in [0.5, 0.6) is 0 Å². The SMILES string of the molecule is C[C@@H](N)C(=O)OCN(c1nn(CC(F)(F)F)c2c(-c3ccc(C#CC(C)(C)S(C)(=O)=O)nc3[C@H](Cc3cc(F)cc(F)c3)NC(=O)Cn3nc(C(F)(F)F)c4c3C(F)(F)[C@@H]3CC43)ccc(Cl)c12)S(C)(=O)=O. The summed E-state index contributed by atoms with van der Waals surface area (Å²) in [5.41, 5.74) is -0.172. The van der Waals surface area contributed by atoms with E-state index in [1.165, 1.54) is 26.8 Å². The molecule has 15 nitrogen and oxygen atoms in total. The number of amides is 1. The van der Waals surface area contributed by atoms with E-state index >= 15 is 8.78 Å². The molecule has 382 valence electrons. The van der Waals surface area contributed by atoms with Crippen molar-refractivity contribution in [1.29, 1.82) is 0 Å². The van der Waals surface area contributed by atoms with E-state index in [0.717, 1.165) is 36.6 Å². The zero-order valence-corrected chi connectivity index (χ0v) is 39.9. The van der Waals surface area contributed by atoms with E-state index in [-0.39, 0.29) is 33.5 Å². The molecule has 4 atom stereocenters. The summed E-state index contributed by atoms with van der Waals surface area (Å²) < 4.78 is 202. The zero-order valence-electron chi connectivity index (χ0n) is 37.5. The van der Waals surface area contributed by atoms with E-state index in [2.05, 4.69) is 32.3 Å². The number of carbonyl (C=O) groups excluding carboxylic acids is 2. The number of alkyl halides is 8. The fourth-order valence-electron chi connectivity index (χ4n) is 8.00. The molecule has 0 spiro atoms. The second-order valence-corrected chi connectivity index (χ2v) is 22.4. The first-order chi connectivity index (χ1) is 32.6. The molecular formula is C43H39ClF10N8O7S2. The van der Waals surface area contributed by atoms with E-state index in [1.807, 2.05) is 0 Å². The lowest BCUT2D eigenvalue weighted by atomic mass is 9.93. The number of sulfone groups is 1. The van der Waals surface area contributed by atoms with Crippen molar-refractivity contribution in [1.82, 2.24) is 29.9 Å². The average molecular weight is 1070 g/mol. The van der Waals surface area contributed by atoms with Gasteiger partial charge in [-0.1, -0.05) is 23.6 Å². The van der Waals surface area contributed by atoms with Gasteiger partial charge < -0.3 is 15.8 Å². The minimum atomic E-state index is -5.22. The van der Waals surface area contributed by atoms with Gasteiger partial charge in [0.1, 0.15) is 46.9 Å². The Labute approximate surface area is 402 Å². The van der Waals surface area contributed by atoms with Crippen LogP contribution in [0.4, 0.5) is 49.7 Å². The maximum Gasteiger partial charge on any atom is 0.435 e. The number of benzene rings is 2. The van der Waals surface area contributed by atoms with Crippen molar-refractivity contribution in [3.63, 3.8) is 0 Å². The largest absolute Gasteiger partial charge is 0.442 e. The maximum absolute atomic E-state index is 15.6. The maximum atomic E-state index is 15.6. The van der Waals surface area contributed by atoms with E-state index in [4.69, 9.17) is 22.1 Å². The molecule has 3 heterocycles. The summed E-state index contributed by atoms with van der Waals surface area (Å²) in [5, 5.41) is 8.85. The zero-order chi connectivity index (χ0) is 52.7. The molecule has 2 aliphatic carbocycles. The van der Waals surface area contributed by atoms with Crippen LogP contribution in [-0.4, -0.2) is 89.5 Å². The normalized spacial score (nSPS) is 17.5. The third-order valence-electron chi connectivity index (χ3n) is 11.6. The lowest BCUT2D eigenvalue weighted by molar-refractivity contribution is -0.144. The summed E-state index contributed by atoms with van der Waals surface area (Å²) in [5.74, 6) is -6.95. The van der Waals surface area contributed by atoms with Crippen molar-refractivity contribution >= 4 is 60.1 Å². The van der Waals surface area contributed by atoms with Gasteiger partial charge in [0.25, 0.3) is 5.92 Å². The molecule has 7 rings (SSSR count). The van der Waals surface area contributed by atoms with Gasteiger partial charge in [0.15, 0.2) is 28.1 Å². The van der Waals surface area contributed by atoms with Crippen molar-refractivity contribution in [2.75, 3.05) is 23.5 Å². The van der Waals surface area contributed by atoms with Gasteiger partial charge in [-0.15, -0.1) is 0 Å². The summed E-state index contributed by atoms with van der Waals surface area (Å²) in [7, 11) is -8.51. The van der Waals surface area contributed by atoms with Gasteiger partial charge in [0, 0.05) is 34.9 Å². The second-order valence-electron chi connectivity index (χ2n) is 17.5. The minimum absolute atomic E-state index is 0.195. The van der Waals surface area contributed by atoms with Gasteiger partial charge in [-0.25, -0.2) is 34.9 Å². The monoisotopic (exact) mass is 1070 g/mol. The lowest BCUT2D eigenvalue weighted by Gasteiger charge is -2.23. The van der Waals surface area contributed by atoms with Crippen LogP contribution in [0.25, 0.3) is 22.0 Å². The average Bonchev–Trinajstić information content (AvgIpc) is 3.73. The molecular weight excluding hydrogens is 1030 g/mol. The fraction of sp³-hybridized carbons (Fsp3) is 0.419. The Kier molecular flexibility index (Phi) is 13.6. The number of aromatic nitrogens is 5. The smallest absolute Gasteiger partial charge is 0.435 e. The summed E-state index contributed by atoms with van der Waals surface area (Å²) in [6.45, 7) is -0.720. The minimum Gasteiger partial charge on any atom is -0.442 e. The number of sulfonamides is 1. The third-order valence-corrected chi connectivity index (χ3v) is 15.0. The molecule has 2 aromatic carbocycles. The Balaban J connectivity index is 1.48. The first kappa shape index (κ1) is 52.8. The number of carbonyl (C=O) groups is 2. The van der Waals surface area contributed by atoms with Crippen molar-refractivity contribution in [2.24, 2.45) is 11.7 Å². The molecule has 0 aliphatic heterocycles. The lowest BCUT2D eigenvalue weighted by Crippen LogP contribution is -2.37. The summed E-state index contributed by atoms with van der Waals surface area (Å²) in [4.78, 5) is 31.0. The van der Waals surface area contributed by atoms with Crippen LogP contribution in [0.15, 0.2) is 42.5 Å². The number of anilines is 1. The molecule has 1 saturated carbocycles. The van der Waals surface area contributed by atoms with E-state index < -0.39 is 161 Å². The van der Waals surface area contributed by atoms with Crippen LogP contribution in [-0.2, 0) is 65.8 Å². The molecule has 3 aromatic heterocycles. The Morgan fingerprint density at radius 1 is 0.986 bits per heavy atom. The Morgan fingerprint density at radius 2 is 1.62 bits per heavy atom. The first-order valence-electron chi connectivity index (χ1n) is 20.8. The van der Waals surface area contributed by atoms with Gasteiger partial charge in [-0.05, 0) is 81.3 Å². The van der Waals surface area contributed by atoms with E-state index in [0.29, 0.717) is 21.3 Å². The number of nitrogens with one attached hydrogen (secondary N) is 1. The number of rotatable bonds is 14. The number of halogens is 11. The molecule has 71 heavy (non-hydrogen) atoms. The number of esters is 1. The van der Waals surface area contributed by atoms with Crippen LogP contribution < -0.4 is 15.4 Å². The van der Waals surface area contributed by atoms with Crippen LogP contribution in [0.3, 0.4) is 0 Å². The molecule has 0 radical (unpaired) electrons. The second kappa shape index (κ2) is 18.3. The molecule has 5 aromatic rings. The topological polar surface area (TPSA) is 201 Å². The molecule has 28 heteroatoms. The number of nitrogens with two attached hydrogens (primary N) is 1. The van der Waals surface area contributed by atoms with Crippen LogP contribution in [0.1, 0.15) is 73.1 Å². The standard InChI is InChI=1S/C43H39ClF10N8O7S2/c1-20(55)39(64)69-19-62(71(5,67)68)38-33-29(44)9-8-26(35(33)61(59-38)18-41(47,48)49)25-7-6-24(10-11-40(2,3)70(4,65)66)56-34(25)30(14-21-12-22(45)15-23(46)13-21)57-31(63)17-60-37-32(36(58-60)43(52,53)54)27-16-28(27)42(37,50)51/h6-9,12-13,15,20,27-28,30H,14,16-19,55H2,1-5H3,(H,57,63)/t20-,27?,28-,30+/m1/s1. The molecule has 1 fully saturated rings. The highest BCUT2D eigenvalue weighted by Gasteiger charge is 2.68. The summed E-state index contributed by atoms with van der Waals surface area (Å²) in [6, 6.07) is 3.59. The van der Waals surface area contributed by atoms with Crippen molar-refractivity contribution in [2.45, 2.75) is 87.7 Å². The number of pyridine rings is 1. The van der Waals surface area contributed by atoms with Gasteiger partial charge in [0.2, 0.25) is 15.9 Å². The van der Waals surface area contributed by atoms with Gasteiger partial charge >= 0.3 is 18.3 Å². The Bertz CT molecular complexity index is 3270. The molecule has 0 bridgehead atoms. The van der Waals surface area contributed by atoms with E-state index in [1.54, 1.807) is 0 Å². The summed E-state index contributed by atoms with van der Waals surface area (Å²) >= 11 is 6.62. The predicted octanol–water partition coefficient (Wildman–Crippen LogP) is 6.91. The highest BCUT2D eigenvalue weighted by atomic mass is 35.5. The van der Waals surface area contributed by atoms with Crippen molar-refractivity contribution < 1.29 is 75.1 Å². The molecule has 1 unspecified atom stereocenters. The number of hydrogen-bond acceptors (Lipinski definition) is 11. The van der Waals surface area contributed by atoms with Crippen LogP contribution >= 0.6 is 11.6 Å². The highest BCUT2D eigenvalue weighted by Crippen LogP contribution is 2.68. The Hall–Kier alpha value is -5.98. The molecule has 3 N–H and O–H groups in total. The number of fused-ring (bicyclic) bond motifs is 4. The van der Waals surface area contributed by atoms with Crippen LogP contribution in [0, 0.1) is 29.4 Å². The van der Waals surface area contributed by atoms with Crippen molar-refractivity contribution in [3.05, 3.63) is 93.0 Å². The first-order valence-corrected chi connectivity index (χ1v) is 24.9. The molecule has 1 amide bonds. The molecule has 0 saturated heterocycles.